The minimum atomic E-state index is -4.19. The van der Waals surface area contributed by atoms with E-state index in [0.717, 1.165) is 0 Å². The smallest absolute Gasteiger partial charge is 0.363 e. The van der Waals surface area contributed by atoms with E-state index in [9.17, 15) is 22.8 Å². The summed E-state index contributed by atoms with van der Waals surface area (Å²) in [4.78, 5) is 24.5. The Morgan fingerprint density at radius 3 is 2.57 bits per heavy atom. The minimum absolute atomic E-state index is 0.0586. The van der Waals surface area contributed by atoms with Gasteiger partial charge in [-0.1, -0.05) is 5.16 Å². The lowest BCUT2D eigenvalue weighted by atomic mass is 9.97. The zero-order valence-corrected chi connectivity index (χ0v) is 12.2. The normalized spacial score (nSPS) is 17.0. The van der Waals surface area contributed by atoms with E-state index in [2.05, 4.69) is 20.3 Å². The van der Waals surface area contributed by atoms with E-state index in [4.69, 9.17) is 0 Å². The van der Waals surface area contributed by atoms with Crippen LogP contribution in [0.3, 0.4) is 0 Å². The van der Waals surface area contributed by atoms with Crippen molar-refractivity contribution in [3.8, 4) is 0 Å². The molecule has 0 saturated carbocycles. The van der Waals surface area contributed by atoms with Crippen LogP contribution in [0.25, 0.3) is 0 Å². The number of likely N-dealkylation sites (tertiary alicyclic amines) is 1. The fourth-order valence-corrected chi connectivity index (χ4v) is 2.37. The van der Waals surface area contributed by atoms with Crippen molar-refractivity contribution >= 4 is 17.6 Å². The second kappa shape index (κ2) is 7.44. The molecule has 0 unspecified atom stereocenters. The molecule has 1 saturated heterocycles. The van der Waals surface area contributed by atoms with Gasteiger partial charge in [0.2, 0.25) is 0 Å². The highest BCUT2D eigenvalue weighted by atomic mass is 19.4. The number of nitrogens with zero attached hydrogens (tertiary/aromatic N) is 2. The van der Waals surface area contributed by atoms with Gasteiger partial charge in [0.15, 0.2) is 5.82 Å². The average molecular weight is 334 g/mol. The summed E-state index contributed by atoms with van der Waals surface area (Å²) in [6, 6.07) is 1.39. The molecule has 0 radical (unpaired) electrons. The first-order valence-corrected chi connectivity index (χ1v) is 7.12. The van der Waals surface area contributed by atoms with Gasteiger partial charge in [-0.2, -0.15) is 13.2 Å². The highest BCUT2D eigenvalue weighted by molar-refractivity contribution is 6.39. The van der Waals surface area contributed by atoms with Crippen molar-refractivity contribution in [2.75, 3.05) is 31.5 Å². The Morgan fingerprint density at radius 1 is 1.30 bits per heavy atom. The maximum absolute atomic E-state index is 12.3. The lowest BCUT2D eigenvalue weighted by Gasteiger charge is -2.32. The zero-order valence-electron chi connectivity index (χ0n) is 12.2. The van der Waals surface area contributed by atoms with Crippen LogP contribution in [0.15, 0.2) is 16.9 Å². The van der Waals surface area contributed by atoms with Gasteiger partial charge in [-0.15, -0.1) is 0 Å². The molecule has 128 valence electrons. The van der Waals surface area contributed by atoms with E-state index >= 15 is 0 Å². The number of hydrogen-bond donors (Lipinski definition) is 2. The van der Waals surface area contributed by atoms with E-state index in [1.165, 1.54) is 17.2 Å². The van der Waals surface area contributed by atoms with Crippen LogP contribution in [-0.4, -0.2) is 54.2 Å². The highest BCUT2D eigenvalue weighted by Crippen LogP contribution is 2.22. The van der Waals surface area contributed by atoms with Crippen molar-refractivity contribution in [3.05, 3.63) is 12.3 Å². The standard InChI is InChI=1S/C13H17F3N4O3/c14-13(15,16)8-20-4-1-9(2-5-20)7-17-11(21)12(22)18-10-3-6-23-19-10/h3,6,9H,1-2,4-5,7-8H2,(H,17,21)(H,18,19,22). The number of carbonyl (C=O) groups excluding carboxylic acids is 2. The van der Waals surface area contributed by atoms with Crippen LogP contribution in [0, 0.1) is 5.92 Å². The number of carbonyl (C=O) groups is 2. The molecule has 2 amide bonds. The number of alkyl halides is 3. The number of aromatic nitrogens is 1. The molecule has 7 nitrogen and oxygen atoms in total. The van der Waals surface area contributed by atoms with Crippen molar-refractivity contribution in [2.45, 2.75) is 19.0 Å². The molecule has 2 rings (SSSR count). The SMILES string of the molecule is O=C(NCC1CCN(CC(F)(F)F)CC1)C(=O)Nc1ccon1. The number of piperidine rings is 1. The molecule has 1 aromatic rings. The van der Waals surface area contributed by atoms with E-state index in [-0.39, 0.29) is 18.3 Å². The van der Waals surface area contributed by atoms with Gasteiger partial charge in [0, 0.05) is 12.6 Å². The zero-order chi connectivity index (χ0) is 16.9. The van der Waals surface area contributed by atoms with E-state index in [1.807, 2.05) is 0 Å². The molecule has 1 aliphatic rings. The highest BCUT2D eigenvalue weighted by Gasteiger charge is 2.32. The van der Waals surface area contributed by atoms with Crippen LogP contribution in [0.4, 0.5) is 19.0 Å². The lowest BCUT2D eigenvalue weighted by Crippen LogP contribution is -2.44. The molecule has 1 fully saturated rings. The Balaban J connectivity index is 1.66. The Kier molecular flexibility index (Phi) is 5.59. The average Bonchev–Trinajstić information content (AvgIpc) is 2.97. The monoisotopic (exact) mass is 334 g/mol. The summed E-state index contributed by atoms with van der Waals surface area (Å²) >= 11 is 0. The fraction of sp³-hybridized carbons (Fsp3) is 0.615. The molecule has 1 aromatic heterocycles. The Morgan fingerprint density at radius 2 is 2.00 bits per heavy atom. The van der Waals surface area contributed by atoms with Crippen LogP contribution >= 0.6 is 0 Å². The van der Waals surface area contributed by atoms with Crippen LogP contribution < -0.4 is 10.6 Å². The summed E-state index contributed by atoms with van der Waals surface area (Å²) in [5.74, 6) is -1.49. The van der Waals surface area contributed by atoms with E-state index in [0.29, 0.717) is 25.9 Å². The van der Waals surface area contributed by atoms with Gasteiger partial charge in [0.05, 0.1) is 6.54 Å². The van der Waals surface area contributed by atoms with Crippen molar-refractivity contribution in [1.29, 1.82) is 0 Å². The van der Waals surface area contributed by atoms with E-state index in [1.54, 1.807) is 0 Å². The molecule has 0 aliphatic carbocycles. The molecular formula is C13H17F3N4O3. The van der Waals surface area contributed by atoms with Crippen LogP contribution in [0.2, 0.25) is 0 Å². The first-order chi connectivity index (χ1) is 10.8. The van der Waals surface area contributed by atoms with Gasteiger partial charge in [-0.05, 0) is 31.8 Å². The number of nitrogens with one attached hydrogen (secondary N) is 2. The molecule has 10 heteroatoms. The van der Waals surface area contributed by atoms with Crippen LogP contribution in [-0.2, 0) is 9.59 Å². The first-order valence-electron chi connectivity index (χ1n) is 7.12. The molecule has 0 atom stereocenters. The summed E-state index contributed by atoms with van der Waals surface area (Å²) in [7, 11) is 0. The lowest BCUT2D eigenvalue weighted by molar-refractivity contribution is -0.148. The topological polar surface area (TPSA) is 87.5 Å². The van der Waals surface area contributed by atoms with Gasteiger partial charge in [0.1, 0.15) is 6.26 Å². The minimum Gasteiger partial charge on any atom is -0.363 e. The third kappa shape index (κ3) is 5.89. The van der Waals surface area contributed by atoms with Crippen molar-refractivity contribution < 1.29 is 27.3 Å². The molecule has 0 bridgehead atoms. The number of anilines is 1. The number of rotatable bonds is 4. The summed E-state index contributed by atoms with van der Waals surface area (Å²) < 4.78 is 41.4. The summed E-state index contributed by atoms with van der Waals surface area (Å²) in [5.41, 5.74) is 0. The summed E-state index contributed by atoms with van der Waals surface area (Å²) in [5, 5.41) is 8.17. The third-order valence-corrected chi connectivity index (χ3v) is 3.55. The molecule has 1 aliphatic heterocycles. The maximum Gasteiger partial charge on any atom is 0.401 e. The van der Waals surface area contributed by atoms with Crippen molar-refractivity contribution in [1.82, 2.24) is 15.4 Å². The van der Waals surface area contributed by atoms with Gasteiger partial charge in [0.25, 0.3) is 0 Å². The number of halogens is 3. The molecule has 0 spiro atoms. The predicted octanol–water partition coefficient (Wildman–Crippen LogP) is 1.00. The van der Waals surface area contributed by atoms with E-state index < -0.39 is 24.5 Å². The van der Waals surface area contributed by atoms with Crippen molar-refractivity contribution in [3.63, 3.8) is 0 Å². The third-order valence-electron chi connectivity index (χ3n) is 3.55. The molecule has 2 N–H and O–H groups in total. The summed E-state index contributed by atoms with van der Waals surface area (Å²) in [6.07, 6.45) is -1.86. The quantitative estimate of drug-likeness (QED) is 0.802. The molecule has 2 heterocycles. The maximum atomic E-state index is 12.3. The van der Waals surface area contributed by atoms with Gasteiger partial charge >= 0.3 is 18.0 Å². The predicted molar refractivity (Wildman–Crippen MR) is 73.4 cm³/mol. The fourth-order valence-electron chi connectivity index (χ4n) is 2.37. The Bertz CT molecular complexity index is 525. The Hall–Kier alpha value is -2.10. The van der Waals surface area contributed by atoms with Gasteiger partial charge in [-0.25, -0.2) is 0 Å². The molecular weight excluding hydrogens is 317 g/mol. The van der Waals surface area contributed by atoms with Crippen molar-refractivity contribution in [2.24, 2.45) is 5.92 Å². The first kappa shape index (κ1) is 17.3. The van der Waals surface area contributed by atoms with Gasteiger partial charge < -0.3 is 9.84 Å². The molecule has 23 heavy (non-hydrogen) atoms. The van der Waals surface area contributed by atoms with Crippen LogP contribution in [0.5, 0.6) is 0 Å². The summed E-state index contributed by atoms with van der Waals surface area (Å²) in [6.45, 7) is -0.00647. The van der Waals surface area contributed by atoms with Crippen LogP contribution in [0.1, 0.15) is 12.8 Å². The second-order valence-electron chi connectivity index (χ2n) is 5.38. The number of amides is 2. The number of hydrogen-bond acceptors (Lipinski definition) is 5. The van der Waals surface area contributed by atoms with Gasteiger partial charge in [-0.3, -0.25) is 19.8 Å². The Labute approximate surface area is 130 Å². The molecule has 0 aromatic carbocycles. The second-order valence-corrected chi connectivity index (χ2v) is 5.38. The largest absolute Gasteiger partial charge is 0.401 e.